The van der Waals surface area contributed by atoms with Gasteiger partial charge in [-0.05, 0) is 18.2 Å². The standard InChI is InChI=1S/C11H12F3NO4S/c1-15(19-2)10(16)8-5-4-7(11(12,13)14)6-9(8)20(3,17)18/h4-6H,1-3H3. The van der Waals surface area contributed by atoms with Gasteiger partial charge in [0.2, 0.25) is 0 Å². The van der Waals surface area contributed by atoms with E-state index in [0.717, 1.165) is 17.4 Å². The van der Waals surface area contributed by atoms with Crippen LogP contribution in [0.25, 0.3) is 0 Å². The molecule has 0 radical (unpaired) electrons. The second-order valence-corrected chi connectivity index (χ2v) is 5.95. The van der Waals surface area contributed by atoms with Crippen molar-refractivity contribution in [3.05, 3.63) is 29.3 Å². The molecule has 1 amide bonds. The number of hydrogen-bond acceptors (Lipinski definition) is 4. The monoisotopic (exact) mass is 311 g/mol. The minimum Gasteiger partial charge on any atom is -0.274 e. The molecule has 20 heavy (non-hydrogen) atoms. The molecule has 0 bridgehead atoms. The van der Waals surface area contributed by atoms with Crippen LogP contribution in [-0.2, 0) is 20.9 Å². The molecule has 0 saturated heterocycles. The Balaban J connectivity index is 3.52. The first-order valence-electron chi connectivity index (χ1n) is 5.22. The van der Waals surface area contributed by atoms with Crippen molar-refractivity contribution in [3.63, 3.8) is 0 Å². The maximum atomic E-state index is 12.6. The van der Waals surface area contributed by atoms with E-state index in [1.807, 2.05) is 0 Å². The third kappa shape index (κ3) is 3.48. The van der Waals surface area contributed by atoms with E-state index in [-0.39, 0.29) is 5.56 Å². The lowest BCUT2D eigenvalue weighted by atomic mass is 10.1. The Hall–Kier alpha value is -1.61. The van der Waals surface area contributed by atoms with Gasteiger partial charge >= 0.3 is 6.18 Å². The lowest BCUT2D eigenvalue weighted by molar-refractivity contribution is -0.137. The first-order chi connectivity index (χ1) is 8.98. The van der Waals surface area contributed by atoms with Gasteiger partial charge < -0.3 is 0 Å². The van der Waals surface area contributed by atoms with Gasteiger partial charge in [-0.2, -0.15) is 13.2 Å². The Kier molecular flexibility index (Phi) is 4.45. The van der Waals surface area contributed by atoms with E-state index in [0.29, 0.717) is 12.1 Å². The van der Waals surface area contributed by atoms with E-state index < -0.39 is 32.4 Å². The summed E-state index contributed by atoms with van der Waals surface area (Å²) in [6, 6.07) is 1.90. The number of halogens is 3. The number of amides is 1. The van der Waals surface area contributed by atoms with Crippen molar-refractivity contribution in [1.82, 2.24) is 5.06 Å². The molecule has 0 saturated carbocycles. The van der Waals surface area contributed by atoms with Crippen LogP contribution in [0.2, 0.25) is 0 Å². The maximum Gasteiger partial charge on any atom is 0.416 e. The number of carbonyl (C=O) groups is 1. The van der Waals surface area contributed by atoms with E-state index in [1.165, 1.54) is 14.2 Å². The van der Waals surface area contributed by atoms with Crippen LogP contribution in [0.3, 0.4) is 0 Å². The van der Waals surface area contributed by atoms with Crippen LogP contribution >= 0.6 is 0 Å². The molecule has 0 aliphatic rings. The Morgan fingerprint density at radius 1 is 1.30 bits per heavy atom. The van der Waals surface area contributed by atoms with Gasteiger partial charge in [-0.15, -0.1) is 0 Å². The lowest BCUT2D eigenvalue weighted by Crippen LogP contribution is -2.27. The summed E-state index contributed by atoms with van der Waals surface area (Å²) in [4.78, 5) is 15.8. The molecule has 0 fully saturated rings. The number of rotatable bonds is 3. The zero-order valence-corrected chi connectivity index (χ0v) is 11.7. The van der Waals surface area contributed by atoms with Crippen molar-refractivity contribution < 1.29 is 31.2 Å². The molecule has 0 N–H and O–H groups in total. The van der Waals surface area contributed by atoms with Gasteiger partial charge in [0.05, 0.1) is 23.1 Å². The fourth-order valence-corrected chi connectivity index (χ4v) is 2.33. The van der Waals surface area contributed by atoms with E-state index in [4.69, 9.17) is 0 Å². The number of hydroxylamine groups is 2. The number of hydrogen-bond donors (Lipinski definition) is 0. The van der Waals surface area contributed by atoms with Crippen LogP contribution in [0.15, 0.2) is 23.1 Å². The summed E-state index contributed by atoms with van der Waals surface area (Å²) in [5, 5.41) is 0.720. The minimum atomic E-state index is -4.70. The highest BCUT2D eigenvalue weighted by atomic mass is 32.2. The Morgan fingerprint density at radius 2 is 1.85 bits per heavy atom. The average Bonchev–Trinajstić information content (AvgIpc) is 2.34. The highest BCUT2D eigenvalue weighted by molar-refractivity contribution is 7.90. The van der Waals surface area contributed by atoms with Crippen LogP contribution < -0.4 is 0 Å². The predicted molar refractivity (Wildman–Crippen MR) is 63.7 cm³/mol. The molecule has 0 aliphatic carbocycles. The van der Waals surface area contributed by atoms with Gasteiger partial charge in [0.1, 0.15) is 0 Å². The zero-order chi connectivity index (χ0) is 15.7. The molecule has 1 aromatic rings. The fourth-order valence-electron chi connectivity index (χ4n) is 1.43. The average molecular weight is 311 g/mol. The van der Waals surface area contributed by atoms with E-state index in [9.17, 15) is 26.4 Å². The zero-order valence-electron chi connectivity index (χ0n) is 10.9. The van der Waals surface area contributed by atoms with Gasteiger partial charge in [0, 0.05) is 13.3 Å². The van der Waals surface area contributed by atoms with Gasteiger partial charge in [-0.3, -0.25) is 9.63 Å². The van der Waals surface area contributed by atoms with Crippen molar-refractivity contribution in [2.75, 3.05) is 20.4 Å². The quantitative estimate of drug-likeness (QED) is 0.798. The SMILES string of the molecule is CON(C)C(=O)c1ccc(C(F)(F)F)cc1S(C)(=O)=O. The Bertz CT molecular complexity index is 625. The number of sulfone groups is 1. The molecular weight excluding hydrogens is 299 g/mol. The maximum absolute atomic E-state index is 12.6. The topological polar surface area (TPSA) is 63.7 Å². The summed E-state index contributed by atoms with van der Waals surface area (Å²) >= 11 is 0. The normalized spacial score (nSPS) is 12.3. The minimum absolute atomic E-state index is 0.384. The van der Waals surface area contributed by atoms with Gasteiger partial charge in [-0.25, -0.2) is 13.5 Å². The van der Waals surface area contributed by atoms with E-state index >= 15 is 0 Å². The summed E-state index contributed by atoms with van der Waals surface area (Å²) in [7, 11) is -1.62. The third-order valence-corrected chi connectivity index (χ3v) is 3.64. The first kappa shape index (κ1) is 16.4. The molecule has 1 aromatic carbocycles. The third-order valence-electron chi connectivity index (χ3n) is 2.50. The predicted octanol–water partition coefficient (Wildman–Crippen LogP) is 1.74. The van der Waals surface area contributed by atoms with Crippen LogP contribution in [0.4, 0.5) is 13.2 Å². The van der Waals surface area contributed by atoms with Crippen molar-refractivity contribution in [2.24, 2.45) is 0 Å². The van der Waals surface area contributed by atoms with Gasteiger partial charge in [0.25, 0.3) is 5.91 Å². The molecule has 0 aliphatic heterocycles. The van der Waals surface area contributed by atoms with Crippen LogP contribution in [0.5, 0.6) is 0 Å². The Morgan fingerprint density at radius 3 is 2.25 bits per heavy atom. The van der Waals surface area contributed by atoms with Gasteiger partial charge in [-0.1, -0.05) is 0 Å². The smallest absolute Gasteiger partial charge is 0.274 e. The second-order valence-electron chi connectivity index (χ2n) is 3.97. The lowest BCUT2D eigenvalue weighted by Gasteiger charge is -2.17. The van der Waals surface area contributed by atoms with Gasteiger partial charge in [0.15, 0.2) is 9.84 Å². The van der Waals surface area contributed by atoms with Crippen LogP contribution in [-0.4, -0.2) is 39.8 Å². The van der Waals surface area contributed by atoms with E-state index in [2.05, 4.69) is 4.84 Å². The molecule has 0 unspecified atom stereocenters. The highest BCUT2D eigenvalue weighted by Gasteiger charge is 2.33. The van der Waals surface area contributed by atoms with E-state index in [1.54, 1.807) is 0 Å². The fraction of sp³-hybridized carbons (Fsp3) is 0.364. The molecule has 0 aromatic heterocycles. The molecule has 0 spiro atoms. The first-order valence-corrected chi connectivity index (χ1v) is 7.11. The molecule has 0 heterocycles. The molecular formula is C11H12F3NO4S. The summed E-state index contributed by atoms with van der Waals surface area (Å²) in [6.45, 7) is 0. The van der Waals surface area contributed by atoms with Crippen molar-refractivity contribution >= 4 is 15.7 Å². The van der Waals surface area contributed by atoms with Crippen molar-refractivity contribution in [3.8, 4) is 0 Å². The summed E-state index contributed by atoms with van der Waals surface area (Å²) in [5.74, 6) is -0.860. The highest BCUT2D eigenvalue weighted by Crippen LogP contribution is 2.32. The summed E-state index contributed by atoms with van der Waals surface area (Å²) < 4.78 is 60.9. The molecule has 5 nitrogen and oxygen atoms in total. The summed E-state index contributed by atoms with van der Waals surface area (Å²) in [5.41, 5.74) is -1.53. The molecule has 1 rings (SSSR count). The largest absolute Gasteiger partial charge is 0.416 e. The molecule has 9 heteroatoms. The van der Waals surface area contributed by atoms with Crippen LogP contribution in [0, 0.1) is 0 Å². The number of carbonyl (C=O) groups excluding carboxylic acids is 1. The summed E-state index contributed by atoms with van der Waals surface area (Å²) in [6.07, 6.45) is -3.97. The molecule has 112 valence electrons. The molecule has 0 atom stereocenters. The van der Waals surface area contributed by atoms with Crippen molar-refractivity contribution in [1.29, 1.82) is 0 Å². The number of benzene rings is 1. The number of alkyl halides is 3. The van der Waals surface area contributed by atoms with Crippen LogP contribution in [0.1, 0.15) is 15.9 Å². The number of nitrogens with zero attached hydrogens (tertiary/aromatic N) is 1. The Labute approximate surface area is 113 Å². The van der Waals surface area contributed by atoms with Crippen molar-refractivity contribution in [2.45, 2.75) is 11.1 Å². The second kappa shape index (κ2) is 5.41.